The minimum absolute atomic E-state index is 0.919. The molecule has 4 rings (SSSR count). The van der Waals surface area contributed by atoms with E-state index in [0.29, 0.717) is 0 Å². The van der Waals surface area contributed by atoms with Gasteiger partial charge in [-0.1, -0.05) is 47.7 Å². The molecule has 29 heavy (non-hydrogen) atoms. The third kappa shape index (κ3) is 5.53. The number of pyridine rings is 1. The lowest BCUT2D eigenvalue weighted by Gasteiger charge is -2.32. The Hall–Kier alpha value is -1.55. The number of thiazole rings is 1. The van der Waals surface area contributed by atoms with Gasteiger partial charge in [-0.15, -0.1) is 0 Å². The van der Waals surface area contributed by atoms with Gasteiger partial charge in [-0.25, -0.2) is 13.1 Å². The number of aromatic nitrogens is 2. The molecule has 3 heterocycles. The first kappa shape index (κ1) is 20.7. The van der Waals surface area contributed by atoms with Gasteiger partial charge in [-0.05, 0) is 43.6 Å². The summed E-state index contributed by atoms with van der Waals surface area (Å²) in [5, 5.41) is 0.944. The number of likely N-dealkylation sites (N-methyl/N-ethyl adjacent to an activating group) is 1. The van der Waals surface area contributed by atoms with Crippen molar-refractivity contribution in [2.24, 2.45) is 0 Å². The standard InChI is InChI=1S/C22H26IN5S/c1-26-12-14-27(15-13-26)11-5-6-18-9-10-21(24-16-18)28(23)22-25-17-20(29-22)19-7-3-2-4-8-19/h2-4,7-10,16-17H,5-6,11-15H2,1H3. The van der Waals surface area contributed by atoms with E-state index in [4.69, 9.17) is 0 Å². The monoisotopic (exact) mass is 519 g/mol. The summed E-state index contributed by atoms with van der Waals surface area (Å²) in [4.78, 5) is 15.4. The van der Waals surface area contributed by atoms with Crippen LogP contribution in [0, 0.1) is 0 Å². The highest BCUT2D eigenvalue weighted by Gasteiger charge is 2.14. The molecule has 1 aromatic carbocycles. The maximum Gasteiger partial charge on any atom is 0.200 e. The van der Waals surface area contributed by atoms with E-state index in [1.165, 1.54) is 55.1 Å². The summed E-state index contributed by atoms with van der Waals surface area (Å²) in [5.41, 5.74) is 2.50. The van der Waals surface area contributed by atoms with E-state index in [1.807, 2.05) is 21.6 Å². The molecule has 0 amide bonds. The van der Waals surface area contributed by atoms with Gasteiger partial charge in [0.05, 0.1) is 27.7 Å². The van der Waals surface area contributed by atoms with E-state index in [2.05, 4.69) is 86.1 Å². The van der Waals surface area contributed by atoms with Crippen LogP contribution < -0.4 is 3.11 Å². The van der Waals surface area contributed by atoms with Crippen LogP contribution in [0.4, 0.5) is 10.9 Å². The molecule has 1 fully saturated rings. The topological polar surface area (TPSA) is 35.5 Å². The molecule has 1 aliphatic rings. The van der Waals surface area contributed by atoms with Crippen LogP contribution >= 0.6 is 34.2 Å². The second-order valence-corrected chi connectivity index (χ2v) is 9.40. The average molecular weight is 519 g/mol. The van der Waals surface area contributed by atoms with Gasteiger partial charge in [-0.3, -0.25) is 0 Å². The molecule has 0 radical (unpaired) electrons. The molecule has 0 unspecified atom stereocenters. The molecule has 2 aromatic heterocycles. The van der Waals surface area contributed by atoms with Crippen LogP contribution in [0.3, 0.4) is 0 Å². The molecule has 0 aliphatic carbocycles. The van der Waals surface area contributed by atoms with Crippen molar-refractivity contribution in [2.75, 3.05) is 42.9 Å². The van der Waals surface area contributed by atoms with Crippen molar-refractivity contribution in [1.29, 1.82) is 0 Å². The Labute approximate surface area is 190 Å². The Morgan fingerprint density at radius 3 is 2.52 bits per heavy atom. The fraction of sp³-hybridized carbons (Fsp3) is 0.364. The minimum Gasteiger partial charge on any atom is -0.304 e. The summed E-state index contributed by atoms with van der Waals surface area (Å²) >= 11 is 3.97. The van der Waals surface area contributed by atoms with E-state index in [9.17, 15) is 0 Å². The first-order chi connectivity index (χ1) is 14.2. The van der Waals surface area contributed by atoms with Gasteiger partial charge in [0.1, 0.15) is 5.82 Å². The van der Waals surface area contributed by atoms with E-state index in [1.54, 1.807) is 11.3 Å². The number of hydrogen-bond donors (Lipinski definition) is 0. The summed E-state index contributed by atoms with van der Waals surface area (Å²) < 4.78 is 2.03. The quantitative estimate of drug-likeness (QED) is 0.329. The van der Waals surface area contributed by atoms with Crippen LogP contribution in [0.5, 0.6) is 0 Å². The second-order valence-electron chi connectivity index (χ2n) is 7.43. The molecular formula is C22H26IN5S. The Morgan fingerprint density at radius 1 is 1.00 bits per heavy atom. The van der Waals surface area contributed by atoms with Gasteiger partial charge in [-0.2, -0.15) is 0 Å². The van der Waals surface area contributed by atoms with Crippen molar-refractivity contribution in [3.8, 4) is 10.4 Å². The summed E-state index contributed by atoms with van der Waals surface area (Å²) in [7, 11) is 2.20. The molecule has 0 bridgehead atoms. The Morgan fingerprint density at radius 2 is 1.79 bits per heavy atom. The van der Waals surface area contributed by atoms with E-state index >= 15 is 0 Å². The normalized spacial score (nSPS) is 15.5. The molecule has 7 heteroatoms. The molecule has 0 atom stereocenters. The van der Waals surface area contributed by atoms with Gasteiger partial charge >= 0.3 is 0 Å². The highest BCUT2D eigenvalue weighted by Crippen LogP contribution is 2.36. The second kappa shape index (κ2) is 9.97. The van der Waals surface area contributed by atoms with Crippen molar-refractivity contribution in [3.05, 3.63) is 60.4 Å². The lowest BCUT2D eigenvalue weighted by Crippen LogP contribution is -2.44. The molecule has 1 saturated heterocycles. The Kier molecular flexibility index (Phi) is 7.12. The zero-order valence-electron chi connectivity index (χ0n) is 16.7. The minimum atomic E-state index is 0.919. The number of halogens is 1. The van der Waals surface area contributed by atoms with Gasteiger partial charge in [0.2, 0.25) is 5.13 Å². The summed E-state index contributed by atoms with van der Waals surface area (Å²) in [5.74, 6) is 0.919. The smallest absolute Gasteiger partial charge is 0.200 e. The van der Waals surface area contributed by atoms with Gasteiger partial charge < -0.3 is 9.80 Å². The summed E-state index contributed by atoms with van der Waals surface area (Å²) in [6.07, 6.45) is 6.21. The van der Waals surface area contributed by atoms with Gasteiger partial charge in [0.25, 0.3) is 0 Å². The highest BCUT2D eigenvalue weighted by molar-refractivity contribution is 14.1. The largest absolute Gasteiger partial charge is 0.304 e. The lowest BCUT2D eigenvalue weighted by atomic mass is 10.1. The maximum absolute atomic E-state index is 4.68. The predicted octanol–water partition coefficient (Wildman–Crippen LogP) is 4.87. The molecule has 5 nitrogen and oxygen atoms in total. The van der Waals surface area contributed by atoms with E-state index in [-0.39, 0.29) is 0 Å². The number of nitrogens with zero attached hydrogens (tertiary/aromatic N) is 5. The molecule has 0 N–H and O–H groups in total. The lowest BCUT2D eigenvalue weighted by molar-refractivity contribution is 0.153. The number of piperazine rings is 1. The van der Waals surface area contributed by atoms with Gasteiger partial charge in [0.15, 0.2) is 0 Å². The molecule has 3 aromatic rings. The zero-order valence-corrected chi connectivity index (χ0v) is 19.6. The number of rotatable bonds is 7. The molecule has 0 saturated carbocycles. The molecule has 1 aliphatic heterocycles. The van der Waals surface area contributed by atoms with Crippen LogP contribution in [0.25, 0.3) is 10.4 Å². The average Bonchev–Trinajstić information content (AvgIpc) is 3.26. The van der Waals surface area contributed by atoms with Crippen molar-refractivity contribution in [3.63, 3.8) is 0 Å². The number of benzene rings is 1. The van der Waals surface area contributed by atoms with Crippen LogP contribution in [0.1, 0.15) is 12.0 Å². The van der Waals surface area contributed by atoms with Crippen molar-refractivity contribution in [2.45, 2.75) is 12.8 Å². The predicted molar refractivity (Wildman–Crippen MR) is 130 cm³/mol. The third-order valence-electron chi connectivity index (χ3n) is 5.27. The molecule has 0 spiro atoms. The summed E-state index contributed by atoms with van der Waals surface area (Å²) in [6.45, 7) is 5.93. The van der Waals surface area contributed by atoms with Crippen molar-refractivity contribution < 1.29 is 0 Å². The first-order valence-corrected chi connectivity index (χ1v) is 11.8. The van der Waals surface area contributed by atoms with Crippen LogP contribution in [0.2, 0.25) is 0 Å². The number of aryl methyl sites for hydroxylation is 1. The number of anilines is 2. The van der Waals surface area contributed by atoms with Gasteiger partial charge in [0, 0.05) is 38.6 Å². The van der Waals surface area contributed by atoms with Crippen LogP contribution in [-0.4, -0.2) is 59.5 Å². The van der Waals surface area contributed by atoms with Crippen molar-refractivity contribution >= 4 is 45.2 Å². The van der Waals surface area contributed by atoms with E-state index in [0.717, 1.165) is 17.4 Å². The fourth-order valence-electron chi connectivity index (χ4n) is 3.45. The highest BCUT2D eigenvalue weighted by atomic mass is 127. The zero-order chi connectivity index (χ0) is 20.1. The molecule has 152 valence electrons. The SMILES string of the molecule is CN1CCN(CCCc2ccc(N(I)c3ncc(-c4ccccc4)s3)nc2)CC1. The maximum atomic E-state index is 4.68. The summed E-state index contributed by atoms with van der Waals surface area (Å²) in [6, 6.07) is 14.7. The number of hydrogen-bond acceptors (Lipinski definition) is 6. The van der Waals surface area contributed by atoms with E-state index < -0.39 is 0 Å². The van der Waals surface area contributed by atoms with Crippen LogP contribution in [-0.2, 0) is 6.42 Å². The Balaban J connectivity index is 1.31. The molecular weight excluding hydrogens is 493 g/mol. The van der Waals surface area contributed by atoms with Crippen LogP contribution in [0.15, 0.2) is 54.9 Å². The Bertz CT molecular complexity index is 891. The fourth-order valence-corrected chi connectivity index (χ4v) is 4.99. The third-order valence-corrected chi connectivity index (χ3v) is 7.58. The first-order valence-electron chi connectivity index (χ1n) is 10.0. The van der Waals surface area contributed by atoms with Crippen molar-refractivity contribution in [1.82, 2.24) is 19.8 Å².